The van der Waals surface area contributed by atoms with E-state index in [0.29, 0.717) is 35.0 Å². The summed E-state index contributed by atoms with van der Waals surface area (Å²) < 4.78 is 16.3. The number of aryl methyl sites for hydroxylation is 2. The third-order valence-corrected chi connectivity index (χ3v) is 4.63. The highest BCUT2D eigenvalue weighted by atomic mass is 16.5. The van der Waals surface area contributed by atoms with E-state index in [1.807, 2.05) is 24.3 Å². The smallest absolute Gasteiger partial charge is 0.340 e. The Bertz CT molecular complexity index is 845. The fraction of sp³-hybridized carbons (Fsp3) is 0.458. The molecular weight excluding hydrogens is 382 g/mol. The number of ether oxygens (including phenoxy) is 3. The number of carbonyl (C=O) groups is 2. The molecule has 2 rings (SSSR count). The van der Waals surface area contributed by atoms with Crippen molar-refractivity contribution in [3.63, 3.8) is 0 Å². The van der Waals surface area contributed by atoms with Gasteiger partial charge in [0.25, 0.3) is 0 Å². The molecule has 1 aromatic carbocycles. The highest BCUT2D eigenvalue weighted by molar-refractivity contribution is 6.07. The van der Waals surface area contributed by atoms with Gasteiger partial charge in [0.2, 0.25) is 0 Å². The van der Waals surface area contributed by atoms with E-state index in [0.717, 1.165) is 12.2 Å². The second-order valence-electron chi connectivity index (χ2n) is 7.40. The Morgan fingerprint density at radius 3 is 1.83 bits per heavy atom. The molecule has 1 heterocycles. The van der Waals surface area contributed by atoms with Gasteiger partial charge in [-0.1, -0.05) is 26.0 Å². The topological polar surface area (TPSA) is 74.7 Å². The number of carbonyl (C=O) groups excluding carboxylic acids is 2. The Balaban J connectivity index is 2.57. The molecule has 0 aliphatic rings. The zero-order valence-electron chi connectivity index (χ0n) is 18.7. The lowest BCUT2D eigenvalue weighted by atomic mass is 9.92. The lowest BCUT2D eigenvalue weighted by Crippen LogP contribution is -2.17. The molecule has 0 saturated carbocycles. The van der Waals surface area contributed by atoms with Gasteiger partial charge < -0.3 is 14.2 Å². The normalized spacial score (nSPS) is 10.8. The molecule has 0 aliphatic carbocycles. The first-order chi connectivity index (χ1) is 14.3. The monoisotopic (exact) mass is 413 g/mol. The molecule has 2 aromatic rings. The van der Waals surface area contributed by atoms with E-state index in [4.69, 9.17) is 14.2 Å². The van der Waals surface area contributed by atoms with Gasteiger partial charge in [-0.3, -0.25) is 4.98 Å². The first kappa shape index (κ1) is 23.4. The molecule has 0 unspecified atom stereocenters. The molecular formula is C24H31NO5. The minimum Gasteiger partial charge on any atom is -0.494 e. The quantitative estimate of drug-likeness (QED) is 0.530. The van der Waals surface area contributed by atoms with Crippen molar-refractivity contribution >= 4 is 11.9 Å². The van der Waals surface area contributed by atoms with Gasteiger partial charge >= 0.3 is 11.9 Å². The summed E-state index contributed by atoms with van der Waals surface area (Å²) in [5.41, 5.74) is 2.74. The summed E-state index contributed by atoms with van der Waals surface area (Å²) in [6, 6.07) is 7.35. The summed E-state index contributed by atoms with van der Waals surface area (Å²) in [5, 5.41) is 0. The maximum atomic E-state index is 12.7. The van der Waals surface area contributed by atoms with Crippen LogP contribution in [0.5, 0.6) is 5.75 Å². The Hall–Kier alpha value is -2.89. The summed E-state index contributed by atoms with van der Waals surface area (Å²) in [5.74, 6) is 0.268. The van der Waals surface area contributed by atoms with Crippen molar-refractivity contribution in [2.45, 2.75) is 48.0 Å². The Labute approximate surface area is 178 Å². The molecule has 0 bridgehead atoms. The van der Waals surface area contributed by atoms with E-state index in [1.54, 1.807) is 27.7 Å². The Morgan fingerprint density at radius 1 is 0.900 bits per heavy atom. The van der Waals surface area contributed by atoms with E-state index in [9.17, 15) is 9.59 Å². The molecule has 6 nitrogen and oxygen atoms in total. The van der Waals surface area contributed by atoms with Crippen molar-refractivity contribution in [2.24, 2.45) is 5.92 Å². The van der Waals surface area contributed by atoms with Gasteiger partial charge in [-0.15, -0.1) is 0 Å². The van der Waals surface area contributed by atoms with Crippen LogP contribution in [0.4, 0.5) is 0 Å². The summed E-state index contributed by atoms with van der Waals surface area (Å²) in [6.45, 7) is 12.3. The van der Waals surface area contributed by atoms with Crippen LogP contribution in [0.3, 0.4) is 0 Å². The minimum atomic E-state index is -0.514. The largest absolute Gasteiger partial charge is 0.494 e. The third-order valence-electron chi connectivity index (χ3n) is 4.63. The highest BCUT2D eigenvalue weighted by Crippen LogP contribution is 2.33. The Kier molecular flexibility index (Phi) is 8.39. The average molecular weight is 414 g/mol. The number of rotatable bonds is 9. The Morgan fingerprint density at radius 2 is 1.40 bits per heavy atom. The molecule has 0 fully saturated rings. The predicted octanol–water partition coefficient (Wildman–Crippen LogP) is 5.14. The number of benzene rings is 1. The molecule has 1 aromatic heterocycles. The molecule has 0 spiro atoms. The average Bonchev–Trinajstić information content (AvgIpc) is 2.68. The van der Waals surface area contributed by atoms with Crippen molar-refractivity contribution < 1.29 is 23.8 Å². The van der Waals surface area contributed by atoms with Gasteiger partial charge in [0.15, 0.2) is 0 Å². The molecule has 0 aliphatic heterocycles. The van der Waals surface area contributed by atoms with Gasteiger partial charge in [-0.25, -0.2) is 9.59 Å². The van der Waals surface area contributed by atoms with Crippen molar-refractivity contribution in [1.29, 1.82) is 0 Å². The molecule has 0 saturated heterocycles. The fourth-order valence-electron chi connectivity index (χ4n) is 3.18. The van der Waals surface area contributed by atoms with Gasteiger partial charge in [-0.05, 0) is 57.7 Å². The first-order valence-electron chi connectivity index (χ1n) is 10.4. The van der Waals surface area contributed by atoms with Gasteiger partial charge in [0.05, 0.1) is 42.3 Å². The van der Waals surface area contributed by atoms with Crippen LogP contribution >= 0.6 is 0 Å². The van der Waals surface area contributed by atoms with Crippen LogP contribution in [0, 0.1) is 19.8 Å². The lowest BCUT2D eigenvalue weighted by Gasteiger charge is -2.18. The SMILES string of the molecule is CCOC(=O)c1c(C)nc(C)c(C(=O)OCC)c1-c1ccc(OCCC(C)C)cc1. The molecule has 162 valence electrons. The number of hydrogen-bond donors (Lipinski definition) is 0. The number of hydrogen-bond acceptors (Lipinski definition) is 6. The van der Waals surface area contributed by atoms with Crippen molar-refractivity contribution in [2.75, 3.05) is 19.8 Å². The zero-order chi connectivity index (χ0) is 22.3. The van der Waals surface area contributed by atoms with Gasteiger partial charge in [0, 0.05) is 5.56 Å². The molecule has 0 atom stereocenters. The third kappa shape index (κ3) is 5.59. The molecule has 0 amide bonds. The van der Waals surface area contributed by atoms with Gasteiger partial charge in [0.1, 0.15) is 5.75 Å². The summed E-state index contributed by atoms with van der Waals surface area (Å²) in [7, 11) is 0. The first-order valence-corrected chi connectivity index (χ1v) is 10.4. The van der Waals surface area contributed by atoms with Crippen LogP contribution in [0.15, 0.2) is 24.3 Å². The maximum absolute atomic E-state index is 12.7. The highest BCUT2D eigenvalue weighted by Gasteiger charge is 2.27. The number of esters is 2. The molecule has 6 heteroatoms. The number of pyridine rings is 1. The second-order valence-corrected chi connectivity index (χ2v) is 7.40. The van der Waals surface area contributed by atoms with E-state index in [-0.39, 0.29) is 24.3 Å². The van der Waals surface area contributed by atoms with E-state index in [1.165, 1.54) is 0 Å². The van der Waals surface area contributed by atoms with Crippen LogP contribution in [-0.2, 0) is 9.47 Å². The molecule has 30 heavy (non-hydrogen) atoms. The van der Waals surface area contributed by atoms with E-state index in [2.05, 4.69) is 18.8 Å². The number of aromatic nitrogens is 1. The van der Waals surface area contributed by atoms with Gasteiger partial charge in [-0.2, -0.15) is 0 Å². The summed E-state index contributed by atoms with van der Waals surface area (Å²) in [6.07, 6.45) is 0.963. The van der Waals surface area contributed by atoms with Crippen LogP contribution < -0.4 is 4.74 Å². The van der Waals surface area contributed by atoms with E-state index >= 15 is 0 Å². The van der Waals surface area contributed by atoms with Crippen molar-refractivity contribution in [1.82, 2.24) is 4.98 Å². The summed E-state index contributed by atoms with van der Waals surface area (Å²) >= 11 is 0. The van der Waals surface area contributed by atoms with Crippen LogP contribution in [-0.4, -0.2) is 36.7 Å². The standard InChI is InChI=1S/C24H31NO5/c1-7-28-23(26)20-16(5)25-17(6)21(24(27)29-8-2)22(20)18-9-11-19(12-10-18)30-14-13-15(3)4/h9-12,15H,7-8,13-14H2,1-6H3. The predicted molar refractivity (Wildman–Crippen MR) is 116 cm³/mol. The zero-order valence-corrected chi connectivity index (χ0v) is 18.7. The van der Waals surface area contributed by atoms with Crippen molar-refractivity contribution in [3.05, 3.63) is 46.8 Å². The molecule has 0 N–H and O–H groups in total. The van der Waals surface area contributed by atoms with Crippen molar-refractivity contribution in [3.8, 4) is 16.9 Å². The minimum absolute atomic E-state index is 0.225. The van der Waals surface area contributed by atoms with E-state index < -0.39 is 11.9 Å². The van der Waals surface area contributed by atoms with Crippen LogP contribution in [0.2, 0.25) is 0 Å². The van der Waals surface area contributed by atoms with Crippen LogP contribution in [0.25, 0.3) is 11.1 Å². The number of nitrogens with zero attached hydrogens (tertiary/aromatic N) is 1. The second kappa shape index (κ2) is 10.8. The van der Waals surface area contributed by atoms with Crippen LogP contribution in [0.1, 0.15) is 66.2 Å². The summed E-state index contributed by atoms with van der Waals surface area (Å²) in [4.78, 5) is 29.9. The lowest BCUT2D eigenvalue weighted by molar-refractivity contribution is 0.0525. The molecule has 0 radical (unpaired) electrons. The fourth-order valence-corrected chi connectivity index (χ4v) is 3.18. The maximum Gasteiger partial charge on any atom is 0.340 e.